The van der Waals surface area contributed by atoms with Gasteiger partial charge in [0.1, 0.15) is 11.8 Å². The van der Waals surface area contributed by atoms with Crippen LogP contribution in [0.15, 0.2) is 54.6 Å². The highest BCUT2D eigenvalue weighted by Gasteiger charge is 2.42. The molecule has 1 aliphatic rings. The van der Waals surface area contributed by atoms with E-state index >= 15 is 0 Å². The van der Waals surface area contributed by atoms with Crippen molar-refractivity contribution in [1.82, 2.24) is 0 Å². The Hall–Kier alpha value is -3.29. The van der Waals surface area contributed by atoms with E-state index in [0.717, 1.165) is 5.56 Å². The van der Waals surface area contributed by atoms with Gasteiger partial charge < -0.3 is 22.7 Å². The minimum atomic E-state index is -4.54. The van der Waals surface area contributed by atoms with Gasteiger partial charge in [0.2, 0.25) is 0 Å². The van der Waals surface area contributed by atoms with E-state index in [9.17, 15) is 18.7 Å². The molecule has 2 aromatic rings. The molecule has 2 aromatic carbocycles. The Bertz CT molecular complexity index is 882. The zero-order chi connectivity index (χ0) is 19.4. The van der Waals surface area contributed by atoms with Crippen LogP contribution in [0.1, 0.15) is 11.1 Å². The highest BCUT2D eigenvalue weighted by Crippen LogP contribution is 2.31. The first-order valence-electron chi connectivity index (χ1n) is 7.94. The Kier molecular flexibility index (Phi) is 5.16. The van der Waals surface area contributed by atoms with Crippen LogP contribution in [-0.4, -0.2) is 25.2 Å². The highest BCUT2D eigenvalue weighted by atomic mass is 19.3. The van der Waals surface area contributed by atoms with Crippen LogP contribution in [0.4, 0.5) is 14.3 Å². The zero-order valence-corrected chi connectivity index (χ0v) is 14.2. The molecule has 0 aliphatic carbocycles. The van der Waals surface area contributed by atoms with Gasteiger partial charge in [-0.3, -0.25) is 10.1 Å². The maximum absolute atomic E-state index is 13.8. The van der Waals surface area contributed by atoms with Gasteiger partial charge in [0.05, 0.1) is 12.0 Å². The van der Waals surface area contributed by atoms with Crippen LogP contribution in [0.2, 0.25) is 0 Å². The summed E-state index contributed by atoms with van der Waals surface area (Å²) >= 11 is 0. The average molecular weight is 373 g/mol. The van der Waals surface area contributed by atoms with Gasteiger partial charge in [-0.15, -0.1) is 0 Å². The van der Waals surface area contributed by atoms with E-state index in [1.807, 2.05) is 0 Å². The van der Waals surface area contributed by atoms with Crippen LogP contribution in [0.3, 0.4) is 0 Å². The summed E-state index contributed by atoms with van der Waals surface area (Å²) in [6.07, 6.45) is 4.59. The van der Waals surface area contributed by atoms with Crippen molar-refractivity contribution in [2.75, 3.05) is 7.11 Å². The fraction of sp³-hybridized carbons (Fsp3) is 0.111. The molecular formula is C18H14BF2NO5. The van der Waals surface area contributed by atoms with Gasteiger partial charge in [-0.25, -0.2) is 0 Å². The van der Waals surface area contributed by atoms with Crippen molar-refractivity contribution in [1.29, 1.82) is 0 Å². The number of methoxy groups -OCH3 is 1. The molecule has 0 fully saturated rings. The molecule has 1 heterocycles. The fourth-order valence-corrected chi connectivity index (χ4v) is 2.43. The van der Waals surface area contributed by atoms with Crippen molar-refractivity contribution < 1.29 is 27.6 Å². The maximum Gasteiger partial charge on any atom is 0.668 e. The first kappa shape index (κ1) is 18.5. The number of non-ortho nitro benzene ring substituents is 1. The number of benzene rings is 2. The second-order valence-electron chi connectivity index (χ2n) is 5.62. The molecule has 0 aromatic heterocycles. The molecule has 0 saturated carbocycles. The molecule has 0 saturated heterocycles. The fourth-order valence-electron chi connectivity index (χ4n) is 2.43. The molecule has 1 atom stereocenters. The molecule has 27 heavy (non-hydrogen) atoms. The van der Waals surface area contributed by atoms with Crippen LogP contribution in [0, 0.1) is 16.2 Å². The topological polar surface area (TPSA) is 70.8 Å². The smallest absolute Gasteiger partial charge is 0.601 e. The van der Waals surface area contributed by atoms with E-state index in [1.54, 1.807) is 37.5 Å². The first-order chi connectivity index (χ1) is 12.9. The van der Waals surface area contributed by atoms with E-state index < -0.39 is 18.1 Å². The molecule has 6 nitrogen and oxygen atoms in total. The van der Waals surface area contributed by atoms with E-state index in [0.29, 0.717) is 5.75 Å². The lowest BCUT2D eigenvalue weighted by atomic mass is 10.0. The maximum atomic E-state index is 13.8. The van der Waals surface area contributed by atoms with Gasteiger partial charge in [0.15, 0.2) is 11.7 Å². The lowest BCUT2D eigenvalue weighted by Gasteiger charge is -2.30. The number of hydrogen-bond acceptors (Lipinski definition) is 5. The minimum Gasteiger partial charge on any atom is -0.601 e. The number of nitrogens with zero attached hydrogens (tertiary/aromatic N) is 1. The predicted molar refractivity (Wildman–Crippen MR) is 95.7 cm³/mol. The highest BCUT2D eigenvalue weighted by molar-refractivity contribution is 6.53. The Morgan fingerprint density at radius 2 is 1.85 bits per heavy atom. The van der Waals surface area contributed by atoms with Gasteiger partial charge >= 0.3 is 12.9 Å². The number of halogens is 2. The first-order valence-corrected chi connectivity index (χ1v) is 7.94. The van der Waals surface area contributed by atoms with Crippen molar-refractivity contribution in [2.24, 2.45) is 0 Å². The Morgan fingerprint density at radius 1 is 1.19 bits per heavy atom. The summed E-state index contributed by atoms with van der Waals surface area (Å²) in [7, 11) is -3.00. The molecule has 0 amide bonds. The summed E-state index contributed by atoms with van der Waals surface area (Å²) < 4.78 is 41.9. The second-order valence-corrected chi connectivity index (χ2v) is 5.62. The molecule has 0 N–H and O–H groups in total. The minimum absolute atomic E-state index is 0.153. The van der Waals surface area contributed by atoms with Crippen molar-refractivity contribution >= 4 is 24.6 Å². The summed E-state index contributed by atoms with van der Waals surface area (Å²) in [5, 5.41) is 10.7. The summed E-state index contributed by atoms with van der Waals surface area (Å²) in [6.45, 7) is 0. The Labute approximate surface area is 153 Å². The number of nitro benzene ring substituents is 1. The monoisotopic (exact) mass is 373 g/mol. The number of rotatable bonds is 5. The standard InChI is InChI=1S/C18H14BF2NO5/c1-25-16-9-2-13(3-10-16)4-11-17-12-18(27-19(20,21)26-17)14-5-7-15(8-6-14)22(23)24/h2-11,17H,1H3. The lowest BCUT2D eigenvalue weighted by molar-refractivity contribution is -0.384. The second kappa shape index (κ2) is 7.53. The lowest BCUT2D eigenvalue weighted by Crippen LogP contribution is -2.39. The van der Waals surface area contributed by atoms with Crippen molar-refractivity contribution in [3.63, 3.8) is 0 Å². The Morgan fingerprint density at radius 3 is 2.44 bits per heavy atom. The third kappa shape index (κ3) is 4.66. The van der Waals surface area contributed by atoms with Gasteiger partial charge in [-0.2, -0.15) is 0 Å². The van der Waals surface area contributed by atoms with E-state index in [1.165, 1.54) is 30.3 Å². The van der Waals surface area contributed by atoms with Crippen LogP contribution in [0.5, 0.6) is 5.75 Å². The number of nitro groups is 1. The van der Waals surface area contributed by atoms with E-state index in [2.05, 4.69) is 15.4 Å². The SMILES string of the molecule is COc1ccc(C=CC2[C+]=C(c3ccc([N+](=O)[O-])cc3)O[B-](F)(F)O2)cc1. The summed E-state index contributed by atoms with van der Waals surface area (Å²) in [4.78, 5) is 10.1. The molecule has 1 aliphatic heterocycles. The van der Waals surface area contributed by atoms with Gasteiger partial charge in [-0.1, -0.05) is 18.2 Å². The van der Waals surface area contributed by atoms with Crippen LogP contribution < -0.4 is 4.74 Å². The molecule has 0 radical (unpaired) electrons. The van der Waals surface area contributed by atoms with E-state index in [-0.39, 0.29) is 17.0 Å². The van der Waals surface area contributed by atoms with Crippen molar-refractivity contribution in [2.45, 2.75) is 6.10 Å². The number of ether oxygens (including phenoxy) is 1. The number of hydrogen-bond donors (Lipinski definition) is 0. The summed E-state index contributed by atoms with van der Waals surface area (Å²) in [5.41, 5.74) is 0.855. The zero-order valence-electron chi connectivity index (χ0n) is 14.2. The van der Waals surface area contributed by atoms with Crippen LogP contribution >= 0.6 is 0 Å². The van der Waals surface area contributed by atoms with Crippen LogP contribution in [-0.2, 0) is 9.31 Å². The summed E-state index contributed by atoms with van der Waals surface area (Å²) in [6, 6.07) is 12.1. The van der Waals surface area contributed by atoms with Crippen LogP contribution in [0.25, 0.3) is 11.8 Å². The molecule has 0 spiro atoms. The van der Waals surface area contributed by atoms with Gasteiger partial charge in [-0.05, 0) is 23.8 Å². The van der Waals surface area contributed by atoms with Gasteiger partial charge in [0, 0.05) is 24.3 Å². The molecule has 3 rings (SSSR count). The molecule has 1 unspecified atom stereocenters. The van der Waals surface area contributed by atoms with Crippen molar-refractivity contribution in [3.05, 3.63) is 81.9 Å². The predicted octanol–water partition coefficient (Wildman–Crippen LogP) is 4.25. The third-order valence-electron chi connectivity index (χ3n) is 3.75. The summed E-state index contributed by atoms with van der Waals surface area (Å²) in [5.74, 6) is 0.460. The average Bonchev–Trinajstić information content (AvgIpc) is 2.65. The quantitative estimate of drug-likeness (QED) is 0.339. The molecular weight excluding hydrogens is 359 g/mol. The third-order valence-corrected chi connectivity index (χ3v) is 3.75. The molecule has 138 valence electrons. The molecule has 0 bridgehead atoms. The normalized spacial score (nSPS) is 18.3. The van der Waals surface area contributed by atoms with Crippen molar-refractivity contribution in [3.8, 4) is 5.75 Å². The van der Waals surface area contributed by atoms with Gasteiger partial charge in [0.25, 0.3) is 5.69 Å². The Balaban J connectivity index is 1.82. The van der Waals surface area contributed by atoms with E-state index in [4.69, 9.17) is 4.74 Å². The largest absolute Gasteiger partial charge is 0.668 e. The molecule has 9 heteroatoms.